The smallest absolute Gasteiger partial charge is 0.165 e. The van der Waals surface area contributed by atoms with E-state index < -0.39 is 0 Å². The van der Waals surface area contributed by atoms with Crippen LogP contribution in [-0.2, 0) is 0 Å². The fraction of sp³-hybridized carbons (Fsp3) is 0. The van der Waals surface area contributed by atoms with Crippen LogP contribution < -0.4 is 0 Å². The van der Waals surface area contributed by atoms with E-state index in [2.05, 4.69) is 182 Å². The molecule has 0 radical (unpaired) electrons. The Morgan fingerprint density at radius 1 is 0.268 bits per heavy atom. The van der Waals surface area contributed by atoms with Gasteiger partial charge in [0.2, 0.25) is 0 Å². The molecule has 0 N–H and O–H groups in total. The SMILES string of the molecule is c1ccc(-c2ccccc2-c2nc(-c3ccccc3-c3ccc(-c4ccc5sc6ccccc6c5c4)cc3)nc(-c3cccc4c3sc3ccccc34)n2)cc1. The van der Waals surface area contributed by atoms with Crippen molar-refractivity contribution < 1.29 is 0 Å². The summed E-state index contributed by atoms with van der Waals surface area (Å²) < 4.78 is 5.05. The highest BCUT2D eigenvalue weighted by molar-refractivity contribution is 7.26. The molecule has 0 amide bonds. The molecule has 0 saturated carbocycles. The molecule has 3 nitrogen and oxygen atoms in total. The summed E-state index contributed by atoms with van der Waals surface area (Å²) in [6.07, 6.45) is 0. The topological polar surface area (TPSA) is 38.7 Å². The van der Waals surface area contributed by atoms with E-state index in [9.17, 15) is 0 Å². The molecule has 262 valence electrons. The monoisotopic (exact) mass is 749 g/mol. The van der Waals surface area contributed by atoms with Crippen LogP contribution in [0.3, 0.4) is 0 Å². The first-order valence-electron chi connectivity index (χ1n) is 18.7. The molecule has 0 atom stereocenters. The van der Waals surface area contributed by atoms with Crippen LogP contribution in [0.2, 0.25) is 0 Å². The van der Waals surface area contributed by atoms with E-state index in [4.69, 9.17) is 15.0 Å². The molecular weight excluding hydrogens is 719 g/mol. The van der Waals surface area contributed by atoms with Crippen molar-refractivity contribution in [3.8, 4) is 67.5 Å². The second-order valence-electron chi connectivity index (χ2n) is 13.9. The van der Waals surface area contributed by atoms with E-state index in [1.165, 1.54) is 51.5 Å². The standard InChI is InChI=1S/C51H31N3S2/c1-2-13-33(14-3-1)36-15-4-6-19-41(36)49-52-50(54-51(53-49)43-22-12-21-40-38-17-8-11-24-46(38)56-48(40)43)42-20-7-5-16-37(42)34-27-25-32(26-28-34)35-29-30-47-44(31-35)39-18-9-10-23-45(39)55-47/h1-31H. The Kier molecular flexibility index (Phi) is 7.87. The maximum atomic E-state index is 5.31. The second kappa shape index (κ2) is 13.5. The van der Waals surface area contributed by atoms with Crippen LogP contribution in [0.15, 0.2) is 188 Å². The number of rotatable bonds is 6. The molecule has 0 aliphatic heterocycles. The van der Waals surface area contributed by atoms with Gasteiger partial charge in [0, 0.05) is 57.0 Å². The van der Waals surface area contributed by atoms with Crippen LogP contribution in [0.1, 0.15) is 0 Å². The van der Waals surface area contributed by atoms with Gasteiger partial charge in [-0.05, 0) is 63.7 Å². The molecule has 0 spiro atoms. The molecular formula is C51H31N3S2. The van der Waals surface area contributed by atoms with Crippen molar-refractivity contribution in [1.82, 2.24) is 15.0 Å². The van der Waals surface area contributed by atoms with Crippen molar-refractivity contribution in [1.29, 1.82) is 0 Å². The molecule has 8 aromatic carbocycles. The van der Waals surface area contributed by atoms with Crippen molar-refractivity contribution in [2.75, 3.05) is 0 Å². The van der Waals surface area contributed by atoms with E-state index in [0.29, 0.717) is 17.5 Å². The van der Waals surface area contributed by atoms with Gasteiger partial charge in [-0.15, -0.1) is 22.7 Å². The number of hydrogen-bond donors (Lipinski definition) is 0. The van der Waals surface area contributed by atoms with Crippen molar-refractivity contribution in [2.24, 2.45) is 0 Å². The minimum atomic E-state index is 0.639. The summed E-state index contributed by atoms with van der Waals surface area (Å²) in [5, 5.41) is 5.07. The lowest BCUT2D eigenvalue weighted by molar-refractivity contribution is 1.08. The largest absolute Gasteiger partial charge is 0.208 e. The molecule has 0 aliphatic rings. The fourth-order valence-corrected chi connectivity index (χ4v) is 10.2. The minimum Gasteiger partial charge on any atom is -0.208 e. The average Bonchev–Trinajstić information content (AvgIpc) is 3.85. The predicted molar refractivity (Wildman–Crippen MR) is 238 cm³/mol. The van der Waals surface area contributed by atoms with E-state index in [0.717, 1.165) is 38.9 Å². The molecule has 0 unspecified atom stereocenters. The minimum absolute atomic E-state index is 0.639. The Hall–Kier alpha value is -6.79. The van der Waals surface area contributed by atoms with Gasteiger partial charge >= 0.3 is 0 Å². The first-order chi connectivity index (χ1) is 27.7. The Balaban J connectivity index is 1.07. The molecule has 0 saturated heterocycles. The van der Waals surface area contributed by atoms with Crippen molar-refractivity contribution in [3.05, 3.63) is 188 Å². The normalized spacial score (nSPS) is 11.6. The van der Waals surface area contributed by atoms with Crippen LogP contribution in [0.5, 0.6) is 0 Å². The number of hydrogen-bond acceptors (Lipinski definition) is 5. The summed E-state index contributed by atoms with van der Waals surface area (Å²) in [4.78, 5) is 15.9. The van der Waals surface area contributed by atoms with Crippen LogP contribution in [0.25, 0.3) is 108 Å². The number of aromatic nitrogens is 3. The maximum absolute atomic E-state index is 5.31. The van der Waals surface area contributed by atoms with Gasteiger partial charge in [0.05, 0.1) is 0 Å². The number of fused-ring (bicyclic) bond motifs is 6. The Morgan fingerprint density at radius 2 is 0.714 bits per heavy atom. The third kappa shape index (κ3) is 5.60. The zero-order chi connectivity index (χ0) is 37.0. The van der Waals surface area contributed by atoms with Crippen molar-refractivity contribution in [3.63, 3.8) is 0 Å². The van der Waals surface area contributed by atoms with Crippen molar-refractivity contribution in [2.45, 2.75) is 0 Å². The van der Waals surface area contributed by atoms with E-state index in [1.807, 2.05) is 17.4 Å². The first-order valence-corrected chi connectivity index (χ1v) is 20.3. The summed E-state index contributed by atoms with van der Waals surface area (Å²) in [6, 6.07) is 66.8. The lowest BCUT2D eigenvalue weighted by atomic mass is 9.96. The Labute approximate surface area is 331 Å². The molecule has 3 aromatic heterocycles. The molecule has 0 bridgehead atoms. The summed E-state index contributed by atoms with van der Waals surface area (Å²) >= 11 is 3.64. The van der Waals surface area contributed by atoms with Crippen LogP contribution in [-0.4, -0.2) is 15.0 Å². The summed E-state index contributed by atoms with van der Waals surface area (Å²) in [5.74, 6) is 1.94. The van der Waals surface area contributed by atoms with Crippen LogP contribution in [0, 0.1) is 0 Å². The van der Waals surface area contributed by atoms with Crippen molar-refractivity contribution >= 4 is 63.0 Å². The molecule has 3 heterocycles. The van der Waals surface area contributed by atoms with Crippen LogP contribution in [0.4, 0.5) is 0 Å². The van der Waals surface area contributed by atoms with E-state index in [1.54, 1.807) is 11.3 Å². The summed E-state index contributed by atoms with van der Waals surface area (Å²) in [6.45, 7) is 0. The molecule has 11 aromatic rings. The number of thiophene rings is 2. The molecule has 56 heavy (non-hydrogen) atoms. The molecule has 0 aliphatic carbocycles. The van der Waals surface area contributed by atoms with Gasteiger partial charge in [0.25, 0.3) is 0 Å². The third-order valence-electron chi connectivity index (χ3n) is 10.6. The highest BCUT2D eigenvalue weighted by atomic mass is 32.1. The molecule has 11 rings (SSSR count). The van der Waals surface area contributed by atoms with Gasteiger partial charge in [-0.3, -0.25) is 0 Å². The number of benzene rings is 8. The average molecular weight is 750 g/mol. The van der Waals surface area contributed by atoms with Gasteiger partial charge in [-0.1, -0.05) is 158 Å². The fourth-order valence-electron chi connectivity index (χ4n) is 7.89. The van der Waals surface area contributed by atoms with E-state index >= 15 is 0 Å². The quantitative estimate of drug-likeness (QED) is 0.170. The lowest BCUT2D eigenvalue weighted by Crippen LogP contribution is -2.02. The van der Waals surface area contributed by atoms with E-state index in [-0.39, 0.29) is 0 Å². The highest BCUT2D eigenvalue weighted by Crippen LogP contribution is 2.42. The Bertz CT molecular complexity index is 3250. The van der Waals surface area contributed by atoms with Gasteiger partial charge in [0.1, 0.15) is 0 Å². The maximum Gasteiger partial charge on any atom is 0.165 e. The molecule has 0 fully saturated rings. The summed E-state index contributed by atoms with van der Waals surface area (Å²) in [5.41, 5.74) is 9.68. The molecule has 5 heteroatoms. The highest BCUT2D eigenvalue weighted by Gasteiger charge is 2.20. The Morgan fingerprint density at radius 3 is 1.39 bits per heavy atom. The summed E-state index contributed by atoms with van der Waals surface area (Å²) in [7, 11) is 0. The van der Waals surface area contributed by atoms with Gasteiger partial charge in [0.15, 0.2) is 17.5 Å². The second-order valence-corrected chi connectivity index (χ2v) is 16.1. The lowest BCUT2D eigenvalue weighted by Gasteiger charge is -2.14. The third-order valence-corrected chi connectivity index (χ3v) is 13.0. The van der Waals surface area contributed by atoms with Gasteiger partial charge in [-0.2, -0.15) is 0 Å². The zero-order valence-corrected chi connectivity index (χ0v) is 31.7. The van der Waals surface area contributed by atoms with Gasteiger partial charge < -0.3 is 0 Å². The predicted octanol–water partition coefficient (Wildman–Crippen LogP) is 14.6. The van der Waals surface area contributed by atoms with Crippen LogP contribution >= 0.6 is 22.7 Å². The first kappa shape index (κ1) is 32.6. The number of nitrogens with zero attached hydrogens (tertiary/aromatic N) is 3. The zero-order valence-electron chi connectivity index (χ0n) is 30.1. The van der Waals surface area contributed by atoms with Gasteiger partial charge in [-0.25, -0.2) is 15.0 Å².